The van der Waals surface area contributed by atoms with Crippen molar-refractivity contribution in [1.82, 2.24) is 0 Å². The van der Waals surface area contributed by atoms with E-state index in [2.05, 4.69) is 156 Å². The lowest BCUT2D eigenvalue weighted by atomic mass is 9.77. The molecule has 0 saturated heterocycles. The predicted octanol–water partition coefficient (Wildman–Crippen LogP) is 14.4. The van der Waals surface area contributed by atoms with Crippen LogP contribution < -0.4 is 0 Å². The molecule has 48 heavy (non-hydrogen) atoms. The van der Waals surface area contributed by atoms with E-state index >= 15 is 0 Å². The molecule has 0 radical (unpaired) electrons. The lowest BCUT2D eigenvalue weighted by molar-refractivity contribution is 0.595. The second kappa shape index (κ2) is 8.89. The first-order valence-corrected chi connectivity index (χ1v) is 18.0. The third kappa shape index (κ3) is 3.78. The normalized spacial score (nSPS) is 14.2. The summed E-state index contributed by atoms with van der Waals surface area (Å²) in [4.78, 5) is 0. The molecule has 0 N–H and O–H groups in total. The quantitative estimate of drug-likeness (QED) is 0.157. The molecule has 0 atom stereocenters. The molecule has 0 fully saturated rings. The van der Waals surface area contributed by atoms with Crippen LogP contribution in [0.5, 0.6) is 0 Å². The molecule has 0 spiro atoms. The van der Waals surface area contributed by atoms with Crippen LogP contribution in [-0.4, -0.2) is 0 Å². The molecule has 0 bridgehead atoms. The fraction of sp³-hybridized carbons (Fsp3) is 0.333. The molecule has 9 rings (SSSR count). The van der Waals surface area contributed by atoms with E-state index in [0.29, 0.717) is 0 Å². The van der Waals surface area contributed by atoms with Gasteiger partial charge in [0, 0.05) is 0 Å². The molecule has 0 aliphatic rings. The van der Waals surface area contributed by atoms with E-state index in [1.165, 1.54) is 108 Å². The summed E-state index contributed by atoms with van der Waals surface area (Å²) >= 11 is 0. The molecule has 0 heterocycles. The summed E-state index contributed by atoms with van der Waals surface area (Å²) in [7, 11) is 0. The van der Waals surface area contributed by atoms with Crippen molar-refractivity contribution in [1.29, 1.82) is 0 Å². The Morgan fingerprint density at radius 1 is 0.250 bits per heavy atom. The highest BCUT2D eigenvalue weighted by Crippen LogP contribution is 2.53. The van der Waals surface area contributed by atoms with Crippen LogP contribution in [0.2, 0.25) is 0 Å². The van der Waals surface area contributed by atoms with Gasteiger partial charge in [-0.15, -0.1) is 0 Å². The fourth-order valence-electron chi connectivity index (χ4n) is 9.37. The number of rotatable bonds is 0. The Bertz CT molecular complexity index is 2400. The van der Waals surface area contributed by atoms with Crippen LogP contribution in [0, 0.1) is 0 Å². The summed E-state index contributed by atoms with van der Waals surface area (Å²) in [5.74, 6) is 0. The zero-order valence-electron chi connectivity index (χ0n) is 30.9. The van der Waals surface area contributed by atoms with Gasteiger partial charge in [-0.3, -0.25) is 0 Å². The first kappa shape index (κ1) is 29.9. The molecular weight excluding hydrogens is 577 g/mol. The van der Waals surface area contributed by atoms with Crippen molar-refractivity contribution >= 4 is 86.2 Å². The first-order valence-electron chi connectivity index (χ1n) is 18.0. The van der Waals surface area contributed by atoms with Gasteiger partial charge in [-0.05, 0) is 166 Å². The molecule has 0 aliphatic carbocycles. The van der Waals surface area contributed by atoms with E-state index in [-0.39, 0.29) is 21.7 Å². The largest absolute Gasteiger partial charge is 0.0610 e. The molecule has 0 nitrogen and oxygen atoms in total. The molecule has 9 aromatic carbocycles. The second-order valence-electron chi connectivity index (χ2n) is 19.0. The Kier molecular flexibility index (Phi) is 5.55. The molecule has 9 aromatic rings. The maximum atomic E-state index is 2.58. The highest BCUT2D eigenvalue weighted by Gasteiger charge is 2.30. The Morgan fingerprint density at radius 3 is 0.667 bits per heavy atom. The lowest BCUT2D eigenvalue weighted by Gasteiger charge is -2.26. The SMILES string of the molecule is CC(C)(C)c1cc2c3cc4c(cc3c3cc(C(C)(C)C)c5cccc1c5c23)c1cc(C(C)(C)C)c2cccc3c(C(C)(C)C)cc4c1c32. The highest BCUT2D eigenvalue weighted by molar-refractivity contribution is 6.42. The Hall–Kier alpha value is -4.16. The molecule has 240 valence electrons. The Balaban J connectivity index is 1.57. The van der Waals surface area contributed by atoms with Crippen LogP contribution >= 0.6 is 0 Å². The zero-order valence-corrected chi connectivity index (χ0v) is 30.9. The monoisotopic (exact) mass is 624 g/mol. The zero-order chi connectivity index (χ0) is 34.0. The smallest absolute Gasteiger partial charge is 0.00139 e. The summed E-state index contributed by atoms with van der Waals surface area (Å²) < 4.78 is 0. The van der Waals surface area contributed by atoms with Crippen molar-refractivity contribution in [2.45, 2.75) is 105 Å². The van der Waals surface area contributed by atoms with E-state index in [4.69, 9.17) is 0 Å². The number of hydrogen-bond acceptors (Lipinski definition) is 0. The summed E-state index contributed by atoms with van der Waals surface area (Å²) in [6.45, 7) is 28.5. The van der Waals surface area contributed by atoms with E-state index in [1.54, 1.807) is 0 Å². The molecule has 0 unspecified atom stereocenters. The highest BCUT2D eigenvalue weighted by atomic mass is 14.3. The van der Waals surface area contributed by atoms with Crippen molar-refractivity contribution in [2.24, 2.45) is 0 Å². The summed E-state index contributed by atoms with van der Waals surface area (Å²) in [5.41, 5.74) is 5.85. The second-order valence-corrected chi connectivity index (χ2v) is 19.0. The van der Waals surface area contributed by atoms with Gasteiger partial charge < -0.3 is 0 Å². The minimum absolute atomic E-state index is 0.0216. The molecule has 0 aromatic heterocycles. The lowest BCUT2D eigenvalue weighted by Crippen LogP contribution is -2.13. The van der Waals surface area contributed by atoms with Crippen molar-refractivity contribution in [2.75, 3.05) is 0 Å². The molecule has 0 saturated carbocycles. The van der Waals surface area contributed by atoms with E-state index in [0.717, 1.165) is 0 Å². The van der Waals surface area contributed by atoms with Crippen LogP contribution in [0.4, 0.5) is 0 Å². The van der Waals surface area contributed by atoms with Crippen LogP contribution in [0.25, 0.3) is 86.2 Å². The average molecular weight is 625 g/mol. The Morgan fingerprint density at radius 2 is 0.458 bits per heavy atom. The summed E-state index contributed by atoms with van der Waals surface area (Å²) in [5, 5.41) is 22.6. The first-order chi connectivity index (χ1) is 22.4. The van der Waals surface area contributed by atoms with Crippen molar-refractivity contribution in [3.05, 3.63) is 95.1 Å². The molecule has 0 amide bonds. The van der Waals surface area contributed by atoms with Gasteiger partial charge in [-0.2, -0.15) is 0 Å². The van der Waals surface area contributed by atoms with Gasteiger partial charge >= 0.3 is 0 Å². The van der Waals surface area contributed by atoms with Crippen LogP contribution in [0.1, 0.15) is 105 Å². The number of benzene rings is 7. The molecule has 0 aliphatic heterocycles. The molecular formula is C48H48. The van der Waals surface area contributed by atoms with E-state index < -0.39 is 0 Å². The van der Waals surface area contributed by atoms with Crippen LogP contribution in [0.3, 0.4) is 0 Å². The van der Waals surface area contributed by atoms with E-state index in [9.17, 15) is 0 Å². The topological polar surface area (TPSA) is 0 Å². The third-order valence-electron chi connectivity index (χ3n) is 11.6. The number of fused-ring (bicyclic) bond motifs is 6. The fourth-order valence-corrected chi connectivity index (χ4v) is 9.37. The summed E-state index contributed by atoms with van der Waals surface area (Å²) in [6.07, 6.45) is 0. The summed E-state index contributed by atoms with van der Waals surface area (Å²) in [6, 6.07) is 29.4. The van der Waals surface area contributed by atoms with E-state index in [1.807, 2.05) is 0 Å². The minimum Gasteiger partial charge on any atom is -0.0610 e. The van der Waals surface area contributed by atoms with Gasteiger partial charge in [-0.1, -0.05) is 119 Å². The predicted molar refractivity (Wildman–Crippen MR) is 215 cm³/mol. The van der Waals surface area contributed by atoms with Crippen molar-refractivity contribution in [3.63, 3.8) is 0 Å². The van der Waals surface area contributed by atoms with Crippen LogP contribution in [-0.2, 0) is 21.7 Å². The van der Waals surface area contributed by atoms with Gasteiger partial charge in [0.25, 0.3) is 0 Å². The maximum absolute atomic E-state index is 2.58. The van der Waals surface area contributed by atoms with Crippen molar-refractivity contribution in [3.8, 4) is 0 Å². The van der Waals surface area contributed by atoms with Gasteiger partial charge in [-0.25, -0.2) is 0 Å². The maximum Gasteiger partial charge on any atom is -0.00139 e. The van der Waals surface area contributed by atoms with Crippen molar-refractivity contribution < 1.29 is 0 Å². The van der Waals surface area contributed by atoms with Gasteiger partial charge in [0.15, 0.2) is 0 Å². The average Bonchev–Trinajstić information content (AvgIpc) is 3.47. The number of hydrogen-bond donors (Lipinski definition) is 0. The third-order valence-corrected chi connectivity index (χ3v) is 11.6. The Labute approximate surface area is 285 Å². The van der Waals surface area contributed by atoms with Gasteiger partial charge in [0.1, 0.15) is 0 Å². The minimum atomic E-state index is 0.0216. The standard InChI is InChI=1S/C48H48/c1-45(2,3)37-21-33-29-19-31-32(20-30(29)34-22-38(46(4,5)6)26-16-13-15-25(37)41(26)43(33)34)36-24-40(48(10,11)12)28-18-14-17-27-39(47(7,8)9)23-35(31)44(36)42(27)28/h13-24H,1-12H3. The van der Waals surface area contributed by atoms with Crippen LogP contribution in [0.15, 0.2) is 72.8 Å². The molecule has 0 heteroatoms. The van der Waals surface area contributed by atoms with Gasteiger partial charge in [0.05, 0.1) is 0 Å². The van der Waals surface area contributed by atoms with Gasteiger partial charge in [0.2, 0.25) is 0 Å².